The number of benzene rings is 2. The number of aromatic amines is 1. The van der Waals surface area contributed by atoms with Crippen LogP contribution in [-0.2, 0) is 9.47 Å². The van der Waals surface area contributed by atoms with Crippen molar-refractivity contribution in [3.63, 3.8) is 0 Å². The SMILES string of the molecule is CCC1COC(c2nc(-c3ccccc3)c(-c3ccccc3)[nH]2)OC1. The van der Waals surface area contributed by atoms with Crippen LogP contribution in [0.1, 0.15) is 25.5 Å². The molecule has 1 saturated heterocycles. The van der Waals surface area contributed by atoms with Crippen LogP contribution in [0, 0.1) is 5.92 Å². The normalized spacial score (nSPS) is 20.5. The highest BCUT2D eigenvalue weighted by Gasteiger charge is 2.26. The molecule has 1 fully saturated rings. The molecule has 0 amide bonds. The van der Waals surface area contributed by atoms with Gasteiger partial charge < -0.3 is 14.5 Å². The van der Waals surface area contributed by atoms with Gasteiger partial charge in [0.2, 0.25) is 6.29 Å². The van der Waals surface area contributed by atoms with E-state index in [0.29, 0.717) is 19.1 Å². The molecule has 0 radical (unpaired) electrons. The number of rotatable bonds is 4. The summed E-state index contributed by atoms with van der Waals surface area (Å²) in [4.78, 5) is 8.26. The fourth-order valence-electron chi connectivity index (χ4n) is 3.06. The number of imidazole rings is 1. The molecule has 4 heteroatoms. The minimum absolute atomic E-state index is 0.428. The molecule has 1 aliphatic heterocycles. The van der Waals surface area contributed by atoms with Crippen LogP contribution in [0.15, 0.2) is 60.7 Å². The highest BCUT2D eigenvalue weighted by atomic mass is 16.7. The van der Waals surface area contributed by atoms with E-state index < -0.39 is 6.29 Å². The summed E-state index contributed by atoms with van der Waals surface area (Å²) in [6.07, 6.45) is 0.637. The fourth-order valence-corrected chi connectivity index (χ4v) is 3.06. The van der Waals surface area contributed by atoms with Gasteiger partial charge in [-0.1, -0.05) is 67.6 Å². The van der Waals surface area contributed by atoms with Gasteiger partial charge in [0.1, 0.15) is 0 Å². The van der Waals surface area contributed by atoms with E-state index in [1.54, 1.807) is 0 Å². The first-order valence-corrected chi connectivity index (χ1v) is 8.79. The van der Waals surface area contributed by atoms with Crippen molar-refractivity contribution in [2.24, 2.45) is 5.92 Å². The molecule has 1 N–H and O–H groups in total. The van der Waals surface area contributed by atoms with E-state index in [0.717, 1.165) is 34.8 Å². The quantitative estimate of drug-likeness (QED) is 0.744. The summed E-state index contributed by atoms with van der Waals surface area (Å²) >= 11 is 0. The average Bonchev–Trinajstić information content (AvgIpc) is 3.15. The minimum atomic E-state index is -0.428. The number of nitrogens with one attached hydrogen (secondary N) is 1. The van der Waals surface area contributed by atoms with E-state index in [1.807, 2.05) is 36.4 Å². The molecule has 3 aromatic rings. The first kappa shape index (κ1) is 16.1. The summed E-state index contributed by atoms with van der Waals surface area (Å²) in [6.45, 7) is 3.58. The van der Waals surface area contributed by atoms with Gasteiger partial charge in [-0.2, -0.15) is 0 Å². The first-order valence-electron chi connectivity index (χ1n) is 8.79. The Kier molecular flexibility index (Phi) is 4.63. The molecule has 0 atom stereocenters. The van der Waals surface area contributed by atoms with Crippen LogP contribution < -0.4 is 0 Å². The Labute approximate surface area is 147 Å². The highest BCUT2D eigenvalue weighted by Crippen LogP contribution is 2.33. The lowest BCUT2D eigenvalue weighted by molar-refractivity contribution is -0.208. The molecule has 2 heterocycles. The summed E-state index contributed by atoms with van der Waals surface area (Å²) in [6, 6.07) is 20.5. The van der Waals surface area contributed by atoms with Crippen molar-refractivity contribution in [1.82, 2.24) is 9.97 Å². The molecule has 1 aliphatic rings. The van der Waals surface area contributed by atoms with Gasteiger partial charge in [-0.25, -0.2) is 4.98 Å². The Bertz CT molecular complexity index is 749. The largest absolute Gasteiger partial charge is 0.346 e. The van der Waals surface area contributed by atoms with Crippen LogP contribution >= 0.6 is 0 Å². The van der Waals surface area contributed by atoms with Gasteiger partial charge >= 0.3 is 0 Å². The predicted octanol–water partition coefficient (Wildman–Crippen LogP) is 4.82. The van der Waals surface area contributed by atoms with Crippen molar-refractivity contribution in [1.29, 1.82) is 0 Å². The van der Waals surface area contributed by atoms with Crippen LogP contribution in [0.2, 0.25) is 0 Å². The second-order valence-electron chi connectivity index (χ2n) is 6.35. The van der Waals surface area contributed by atoms with Gasteiger partial charge in [0.15, 0.2) is 5.82 Å². The summed E-state index contributed by atoms with van der Waals surface area (Å²) in [7, 11) is 0. The van der Waals surface area contributed by atoms with E-state index in [9.17, 15) is 0 Å². The van der Waals surface area contributed by atoms with Gasteiger partial charge in [0, 0.05) is 17.0 Å². The standard InChI is InChI=1S/C21H22N2O2/c1-2-15-13-24-21(25-14-15)20-22-18(16-9-5-3-6-10-16)19(23-20)17-11-7-4-8-12-17/h3-12,15,21H,2,13-14H2,1H3,(H,22,23). The zero-order valence-corrected chi connectivity index (χ0v) is 14.3. The average molecular weight is 334 g/mol. The van der Waals surface area contributed by atoms with Gasteiger partial charge in [-0.3, -0.25) is 0 Å². The Morgan fingerprint density at radius 3 is 2.12 bits per heavy atom. The molecule has 0 aliphatic carbocycles. The van der Waals surface area contributed by atoms with Crippen molar-refractivity contribution in [2.75, 3.05) is 13.2 Å². The lowest BCUT2D eigenvalue weighted by Gasteiger charge is -2.27. The molecular formula is C21H22N2O2. The zero-order valence-electron chi connectivity index (χ0n) is 14.3. The first-order chi connectivity index (χ1) is 12.3. The maximum Gasteiger partial charge on any atom is 0.217 e. The molecule has 4 rings (SSSR count). The van der Waals surface area contributed by atoms with Crippen LogP contribution in [-0.4, -0.2) is 23.2 Å². The molecule has 128 valence electrons. The van der Waals surface area contributed by atoms with Crippen LogP contribution in [0.3, 0.4) is 0 Å². The third-order valence-electron chi connectivity index (χ3n) is 4.60. The monoisotopic (exact) mass is 334 g/mol. The van der Waals surface area contributed by atoms with E-state index >= 15 is 0 Å². The van der Waals surface area contributed by atoms with Crippen molar-refractivity contribution < 1.29 is 9.47 Å². The highest BCUT2D eigenvalue weighted by molar-refractivity contribution is 5.78. The molecule has 0 spiro atoms. The Morgan fingerprint density at radius 1 is 0.920 bits per heavy atom. The number of nitrogens with zero attached hydrogens (tertiary/aromatic N) is 1. The number of hydrogen-bond acceptors (Lipinski definition) is 3. The van der Waals surface area contributed by atoms with Crippen LogP contribution in [0.25, 0.3) is 22.5 Å². The zero-order chi connectivity index (χ0) is 17.1. The lowest BCUT2D eigenvalue weighted by atomic mass is 10.1. The van der Waals surface area contributed by atoms with E-state index in [4.69, 9.17) is 14.5 Å². The lowest BCUT2D eigenvalue weighted by Crippen LogP contribution is -2.27. The number of ether oxygens (including phenoxy) is 2. The Morgan fingerprint density at radius 2 is 1.52 bits per heavy atom. The summed E-state index contributed by atoms with van der Waals surface area (Å²) in [5, 5.41) is 0. The minimum Gasteiger partial charge on any atom is -0.346 e. The molecule has 0 unspecified atom stereocenters. The van der Waals surface area contributed by atoms with Crippen molar-refractivity contribution >= 4 is 0 Å². The van der Waals surface area contributed by atoms with E-state index in [-0.39, 0.29) is 0 Å². The van der Waals surface area contributed by atoms with Crippen molar-refractivity contribution in [3.8, 4) is 22.5 Å². The van der Waals surface area contributed by atoms with Gasteiger partial charge in [0.25, 0.3) is 0 Å². The summed E-state index contributed by atoms with van der Waals surface area (Å²) in [5.74, 6) is 1.20. The fraction of sp³-hybridized carbons (Fsp3) is 0.286. The molecular weight excluding hydrogens is 312 g/mol. The van der Waals surface area contributed by atoms with Gasteiger partial charge in [-0.15, -0.1) is 0 Å². The molecule has 25 heavy (non-hydrogen) atoms. The molecule has 0 bridgehead atoms. The summed E-state index contributed by atoms with van der Waals surface area (Å²) < 4.78 is 11.8. The molecule has 4 nitrogen and oxygen atoms in total. The van der Waals surface area contributed by atoms with Crippen molar-refractivity contribution in [2.45, 2.75) is 19.6 Å². The molecule has 0 saturated carbocycles. The van der Waals surface area contributed by atoms with Gasteiger partial charge in [0.05, 0.1) is 24.6 Å². The molecule has 1 aromatic heterocycles. The topological polar surface area (TPSA) is 47.1 Å². The number of aromatic nitrogens is 2. The van der Waals surface area contributed by atoms with Crippen LogP contribution in [0.4, 0.5) is 0 Å². The summed E-state index contributed by atoms with van der Waals surface area (Å²) in [5.41, 5.74) is 4.09. The maximum absolute atomic E-state index is 5.89. The Hall–Kier alpha value is -2.43. The van der Waals surface area contributed by atoms with E-state index in [2.05, 4.69) is 36.2 Å². The third kappa shape index (κ3) is 3.36. The Balaban J connectivity index is 1.72. The number of hydrogen-bond donors (Lipinski definition) is 1. The van der Waals surface area contributed by atoms with Crippen molar-refractivity contribution in [3.05, 3.63) is 66.5 Å². The molecule has 2 aromatic carbocycles. The van der Waals surface area contributed by atoms with Gasteiger partial charge in [-0.05, 0) is 6.42 Å². The second kappa shape index (κ2) is 7.21. The van der Waals surface area contributed by atoms with Crippen LogP contribution in [0.5, 0.6) is 0 Å². The second-order valence-corrected chi connectivity index (χ2v) is 6.35. The third-order valence-corrected chi connectivity index (χ3v) is 4.60. The maximum atomic E-state index is 5.89. The number of H-pyrrole nitrogens is 1. The smallest absolute Gasteiger partial charge is 0.217 e. The van der Waals surface area contributed by atoms with E-state index in [1.165, 1.54) is 0 Å². The predicted molar refractivity (Wildman–Crippen MR) is 97.9 cm³/mol.